The highest BCUT2D eigenvalue weighted by Gasteiger charge is 2.62. The second-order valence-corrected chi connectivity index (χ2v) is 8.60. The van der Waals surface area contributed by atoms with Gasteiger partial charge >= 0.3 is 0 Å². The molecule has 3 aliphatic heterocycles. The van der Waals surface area contributed by atoms with Crippen molar-refractivity contribution in [1.82, 2.24) is 10.3 Å². The van der Waals surface area contributed by atoms with Gasteiger partial charge in [-0.25, -0.2) is 0 Å². The summed E-state index contributed by atoms with van der Waals surface area (Å²) >= 11 is 0. The Bertz CT molecular complexity index is 914. The maximum atomic E-state index is 12.7. The molecule has 28 heavy (non-hydrogen) atoms. The normalized spacial score (nSPS) is 30.5. The third-order valence-corrected chi connectivity index (χ3v) is 7.00. The molecule has 0 unspecified atom stereocenters. The van der Waals surface area contributed by atoms with Gasteiger partial charge in [-0.05, 0) is 49.9 Å². The molecule has 4 atom stereocenters. The van der Waals surface area contributed by atoms with Crippen molar-refractivity contribution >= 4 is 11.6 Å². The number of amides is 1. The standard InChI is InChI=1S/C23H27N3O2/c1-15-5-3-4-6-17(15)22(27)25-12-18-19-13-26(20-8-10-24-11-16(20)2)14-23(19)9-7-21(18)28-23/h3-6,8,10-11,18-19,21H,7,9,12-14H2,1-2H3,(H,25,27)/t18-,19+,21+,23+/m0/s1. The summed E-state index contributed by atoms with van der Waals surface area (Å²) in [5, 5.41) is 3.19. The number of nitrogens with one attached hydrogen (secondary N) is 1. The Morgan fingerprint density at radius 3 is 2.96 bits per heavy atom. The molecule has 1 N–H and O–H groups in total. The summed E-state index contributed by atoms with van der Waals surface area (Å²) < 4.78 is 6.54. The highest BCUT2D eigenvalue weighted by molar-refractivity contribution is 5.95. The van der Waals surface area contributed by atoms with E-state index in [0.29, 0.717) is 18.4 Å². The number of rotatable bonds is 4. The van der Waals surface area contributed by atoms with Crippen molar-refractivity contribution in [2.45, 2.75) is 38.4 Å². The molecule has 1 aromatic carbocycles. The van der Waals surface area contributed by atoms with Gasteiger partial charge in [0, 0.05) is 55.1 Å². The second-order valence-electron chi connectivity index (χ2n) is 8.60. The number of aromatic nitrogens is 1. The SMILES string of the molecule is Cc1ccccc1C(=O)NC[C@H]1[C@H]2CN(c3ccncc3C)C[C@]23CC[C@H]1O3. The molecule has 5 rings (SSSR count). The van der Waals surface area contributed by atoms with Gasteiger partial charge in [0.15, 0.2) is 0 Å². The lowest BCUT2D eigenvalue weighted by atomic mass is 9.73. The van der Waals surface area contributed by atoms with Crippen molar-refractivity contribution in [1.29, 1.82) is 0 Å². The van der Waals surface area contributed by atoms with Crippen LogP contribution in [0.4, 0.5) is 5.69 Å². The van der Waals surface area contributed by atoms with Gasteiger partial charge in [-0.15, -0.1) is 0 Å². The van der Waals surface area contributed by atoms with Crippen molar-refractivity contribution in [2.75, 3.05) is 24.5 Å². The van der Waals surface area contributed by atoms with Gasteiger partial charge in [0.2, 0.25) is 0 Å². The molecule has 3 fully saturated rings. The average molecular weight is 377 g/mol. The minimum Gasteiger partial charge on any atom is -0.369 e. The largest absolute Gasteiger partial charge is 0.369 e. The average Bonchev–Trinajstić information content (AvgIpc) is 3.35. The van der Waals surface area contributed by atoms with E-state index in [1.54, 1.807) is 0 Å². The van der Waals surface area contributed by atoms with Gasteiger partial charge in [0.25, 0.3) is 5.91 Å². The molecule has 146 valence electrons. The molecule has 4 heterocycles. The molecule has 0 aliphatic carbocycles. The molecule has 1 spiro atoms. The van der Waals surface area contributed by atoms with E-state index in [2.05, 4.69) is 28.2 Å². The van der Waals surface area contributed by atoms with Crippen molar-refractivity contribution < 1.29 is 9.53 Å². The Morgan fingerprint density at radius 2 is 2.14 bits per heavy atom. The van der Waals surface area contributed by atoms with Crippen LogP contribution in [0.5, 0.6) is 0 Å². The molecular weight excluding hydrogens is 350 g/mol. The number of hydrogen-bond donors (Lipinski definition) is 1. The highest BCUT2D eigenvalue weighted by atomic mass is 16.5. The fourth-order valence-electron chi connectivity index (χ4n) is 5.60. The third kappa shape index (κ3) is 2.72. The van der Waals surface area contributed by atoms with Gasteiger partial charge in [0.05, 0.1) is 11.7 Å². The first-order valence-corrected chi connectivity index (χ1v) is 10.2. The summed E-state index contributed by atoms with van der Waals surface area (Å²) in [7, 11) is 0. The fraction of sp³-hybridized carbons (Fsp3) is 0.478. The van der Waals surface area contributed by atoms with Crippen LogP contribution in [0.25, 0.3) is 0 Å². The van der Waals surface area contributed by atoms with Crippen LogP contribution in [0.15, 0.2) is 42.7 Å². The number of benzene rings is 1. The van der Waals surface area contributed by atoms with Crippen molar-refractivity contribution in [3.8, 4) is 0 Å². The summed E-state index contributed by atoms with van der Waals surface area (Å²) in [6.45, 7) is 6.73. The number of fused-ring (bicyclic) bond motifs is 1. The van der Waals surface area contributed by atoms with Crippen molar-refractivity contribution in [3.63, 3.8) is 0 Å². The summed E-state index contributed by atoms with van der Waals surface area (Å²) in [5.41, 5.74) is 4.20. The van der Waals surface area contributed by atoms with Crippen LogP contribution < -0.4 is 10.2 Å². The van der Waals surface area contributed by atoms with E-state index in [1.807, 2.05) is 43.6 Å². The summed E-state index contributed by atoms with van der Waals surface area (Å²) in [4.78, 5) is 19.4. The quantitative estimate of drug-likeness (QED) is 0.890. The molecule has 2 aromatic rings. The molecule has 5 nitrogen and oxygen atoms in total. The van der Waals surface area contributed by atoms with Gasteiger partial charge in [0.1, 0.15) is 0 Å². The van der Waals surface area contributed by atoms with E-state index >= 15 is 0 Å². The number of pyridine rings is 1. The van der Waals surface area contributed by atoms with E-state index in [9.17, 15) is 4.79 Å². The molecule has 0 saturated carbocycles. The predicted molar refractivity (Wildman–Crippen MR) is 109 cm³/mol. The van der Waals surface area contributed by atoms with Crippen LogP contribution in [-0.2, 0) is 4.74 Å². The molecule has 0 radical (unpaired) electrons. The molecule has 2 bridgehead atoms. The van der Waals surface area contributed by atoms with Crippen molar-refractivity contribution in [2.24, 2.45) is 11.8 Å². The van der Waals surface area contributed by atoms with E-state index in [1.165, 1.54) is 11.3 Å². The molecule has 5 heteroatoms. The lowest BCUT2D eigenvalue weighted by Gasteiger charge is -2.29. The number of aryl methyl sites for hydroxylation is 2. The van der Waals surface area contributed by atoms with Crippen LogP contribution >= 0.6 is 0 Å². The lowest BCUT2D eigenvalue weighted by Crippen LogP contribution is -2.42. The number of nitrogens with zero attached hydrogens (tertiary/aromatic N) is 2. The maximum Gasteiger partial charge on any atom is 0.251 e. The smallest absolute Gasteiger partial charge is 0.251 e. The fourth-order valence-corrected chi connectivity index (χ4v) is 5.60. The Hall–Kier alpha value is -2.40. The predicted octanol–water partition coefficient (Wildman–Crippen LogP) is 3.11. The molecular formula is C23H27N3O2. The second kappa shape index (κ2) is 6.59. The topological polar surface area (TPSA) is 54.5 Å². The van der Waals surface area contributed by atoms with Crippen molar-refractivity contribution in [3.05, 3.63) is 59.4 Å². The minimum atomic E-state index is -0.0432. The minimum absolute atomic E-state index is 0.0229. The number of ether oxygens (including phenoxy) is 1. The molecule has 1 aromatic heterocycles. The van der Waals surface area contributed by atoms with Gasteiger partial charge < -0.3 is 15.0 Å². The van der Waals surface area contributed by atoms with Crippen LogP contribution in [0.1, 0.15) is 34.3 Å². The van der Waals surface area contributed by atoms with Gasteiger partial charge in [-0.3, -0.25) is 9.78 Å². The highest BCUT2D eigenvalue weighted by Crippen LogP contribution is 2.55. The summed E-state index contributed by atoms with van der Waals surface area (Å²) in [6.07, 6.45) is 6.31. The lowest BCUT2D eigenvalue weighted by molar-refractivity contribution is 0.0141. The zero-order valence-electron chi connectivity index (χ0n) is 16.5. The zero-order valence-corrected chi connectivity index (χ0v) is 16.5. The Kier molecular flexibility index (Phi) is 4.16. The van der Waals surface area contributed by atoms with Crippen LogP contribution in [-0.4, -0.2) is 42.2 Å². The Labute approximate surface area is 166 Å². The number of carbonyl (C=O) groups excluding carboxylic acids is 1. The van der Waals surface area contributed by atoms with Crippen LogP contribution in [0, 0.1) is 25.7 Å². The van der Waals surface area contributed by atoms with E-state index in [4.69, 9.17) is 4.74 Å². The number of hydrogen-bond acceptors (Lipinski definition) is 4. The first-order valence-electron chi connectivity index (χ1n) is 10.2. The third-order valence-electron chi connectivity index (χ3n) is 7.00. The number of anilines is 1. The number of carbonyl (C=O) groups is 1. The first-order chi connectivity index (χ1) is 13.6. The Morgan fingerprint density at radius 1 is 1.29 bits per heavy atom. The van der Waals surface area contributed by atoms with E-state index < -0.39 is 0 Å². The first kappa shape index (κ1) is 17.7. The zero-order chi connectivity index (χ0) is 19.3. The van der Waals surface area contributed by atoms with Crippen LogP contribution in [0.2, 0.25) is 0 Å². The maximum absolute atomic E-state index is 12.7. The molecule has 1 amide bonds. The monoisotopic (exact) mass is 377 g/mol. The van der Waals surface area contributed by atoms with E-state index in [0.717, 1.165) is 37.1 Å². The van der Waals surface area contributed by atoms with E-state index in [-0.39, 0.29) is 17.6 Å². The summed E-state index contributed by atoms with van der Waals surface area (Å²) in [5.74, 6) is 0.875. The summed E-state index contributed by atoms with van der Waals surface area (Å²) in [6, 6.07) is 9.87. The van der Waals surface area contributed by atoms with Gasteiger partial charge in [-0.1, -0.05) is 18.2 Å². The molecule has 3 saturated heterocycles. The Balaban J connectivity index is 1.31. The van der Waals surface area contributed by atoms with Gasteiger partial charge in [-0.2, -0.15) is 0 Å². The molecule has 3 aliphatic rings. The van der Waals surface area contributed by atoms with Crippen LogP contribution in [0.3, 0.4) is 0 Å².